The van der Waals surface area contributed by atoms with Gasteiger partial charge in [-0.3, -0.25) is 0 Å². The van der Waals surface area contributed by atoms with Crippen molar-refractivity contribution in [1.82, 2.24) is 10.6 Å². The van der Waals surface area contributed by atoms with Crippen LogP contribution < -0.4 is 15.4 Å². The van der Waals surface area contributed by atoms with Gasteiger partial charge in [-0.05, 0) is 58.9 Å². The molecule has 5 heteroatoms. The number of alkyl carbamates (subject to hydrolysis) is 1. The predicted octanol–water partition coefficient (Wildman–Crippen LogP) is 3.85. The van der Waals surface area contributed by atoms with Gasteiger partial charge in [-0.15, -0.1) is 0 Å². The maximum Gasteiger partial charge on any atom is 0.407 e. The molecule has 1 unspecified atom stereocenters. The molecule has 3 rings (SSSR count). The first-order chi connectivity index (χ1) is 11.8. The van der Waals surface area contributed by atoms with Gasteiger partial charge in [0.2, 0.25) is 0 Å². The van der Waals surface area contributed by atoms with E-state index in [1.807, 2.05) is 20.8 Å². The molecule has 1 aliphatic carbocycles. The third-order valence-electron chi connectivity index (χ3n) is 4.80. The van der Waals surface area contributed by atoms with Gasteiger partial charge in [0, 0.05) is 23.7 Å². The van der Waals surface area contributed by atoms with E-state index in [1.54, 1.807) is 0 Å². The van der Waals surface area contributed by atoms with E-state index < -0.39 is 5.60 Å². The second kappa shape index (κ2) is 7.24. The third-order valence-corrected chi connectivity index (χ3v) is 4.80. The first-order valence-corrected chi connectivity index (χ1v) is 9.30. The molecule has 2 aliphatic rings. The Labute approximate surface area is 150 Å². The van der Waals surface area contributed by atoms with Crippen LogP contribution in [0.25, 0.3) is 0 Å². The lowest BCUT2D eigenvalue weighted by Crippen LogP contribution is -2.53. The van der Waals surface area contributed by atoms with E-state index >= 15 is 0 Å². The number of para-hydroxylation sites is 1. The summed E-state index contributed by atoms with van der Waals surface area (Å²) >= 11 is 0. The molecule has 0 bridgehead atoms. The summed E-state index contributed by atoms with van der Waals surface area (Å²) < 4.78 is 11.3. The van der Waals surface area contributed by atoms with Crippen molar-refractivity contribution in [3.05, 3.63) is 29.3 Å². The molecule has 25 heavy (non-hydrogen) atoms. The van der Waals surface area contributed by atoms with Gasteiger partial charge >= 0.3 is 6.09 Å². The van der Waals surface area contributed by atoms with Crippen molar-refractivity contribution in [2.75, 3.05) is 6.61 Å². The van der Waals surface area contributed by atoms with Crippen LogP contribution in [0.4, 0.5) is 4.79 Å². The molecule has 0 saturated heterocycles. The van der Waals surface area contributed by atoms with Crippen molar-refractivity contribution in [1.29, 1.82) is 0 Å². The summed E-state index contributed by atoms with van der Waals surface area (Å²) in [5.41, 5.74) is 2.01. The molecular formula is C20H30N2O3. The molecule has 0 radical (unpaired) electrons. The fourth-order valence-corrected chi connectivity index (χ4v) is 3.57. The lowest BCUT2D eigenvalue weighted by molar-refractivity contribution is 0.0462. The summed E-state index contributed by atoms with van der Waals surface area (Å²) in [5.74, 6) is 1.04. The minimum atomic E-state index is -0.451. The van der Waals surface area contributed by atoms with Gasteiger partial charge in [0.25, 0.3) is 0 Å². The van der Waals surface area contributed by atoms with Crippen LogP contribution in [0.15, 0.2) is 18.2 Å². The Balaban J connectivity index is 1.52. The highest BCUT2D eigenvalue weighted by Gasteiger charge is 2.34. The Morgan fingerprint density at radius 3 is 2.72 bits per heavy atom. The molecule has 1 amide bonds. The van der Waals surface area contributed by atoms with E-state index in [4.69, 9.17) is 9.47 Å². The highest BCUT2D eigenvalue weighted by Crippen LogP contribution is 2.35. The number of hydrogen-bond acceptors (Lipinski definition) is 4. The topological polar surface area (TPSA) is 59.6 Å². The average molecular weight is 346 g/mol. The summed E-state index contributed by atoms with van der Waals surface area (Å²) in [7, 11) is 0. The van der Waals surface area contributed by atoms with Crippen LogP contribution in [0.3, 0.4) is 0 Å². The van der Waals surface area contributed by atoms with E-state index in [9.17, 15) is 4.79 Å². The quantitative estimate of drug-likeness (QED) is 0.873. The van der Waals surface area contributed by atoms with E-state index in [0.717, 1.165) is 38.0 Å². The smallest absolute Gasteiger partial charge is 0.407 e. The SMILES string of the molecule is Cc1cccc2c1OCCCC2NC1CC(NC(=O)OC(C)(C)C)C1. The first-order valence-electron chi connectivity index (χ1n) is 9.30. The van der Waals surface area contributed by atoms with Crippen LogP contribution >= 0.6 is 0 Å². The molecule has 138 valence electrons. The van der Waals surface area contributed by atoms with Gasteiger partial charge in [-0.25, -0.2) is 4.79 Å². The van der Waals surface area contributed by atoms with E-state index in [-0.39, 0.29) is 12.1 Å². The number of ether oxygens (including phenoxy) is 2. The first kappa shape index (κ1) is 18.1. The molecule has 1 fully saturated rings. The molecule has 2 N–H and O–H groups in total. The highest BCUT2D eigenvalue weighted by atomic mass is 16.6. The minimum absolute atomic E-state index is 0.200. The number of amides is 1. The molecule has 0 aromatic heterocycles. The Kier molecular flexibility index (Phi) is 5.23. The van der Waals surface area contributed by atoms with E-state index in [2.05, 4.69) is 35.8 Å². The lowest BCUT2D eigenvalue weighted by atomic mass is 9.85. The van der Waals surface area contributed by atoms with Crippen molar-refractivity contribution >= 4 is 6.09 Å². The zero-order valence-electron chi connectivity index (χ0n) is 15.7. The third kappa shape index (κ3) is 4.66. The molecule has 5 nitrogen and oxygen atoms in total. The number of nitrogens with one attached hydrogen (secondary N) is 2. The van der Waals surface area contributed by atoms with Crippen molar-refractivity contribution in [3.63, 3.8) is 0 Å². The summed E-state index contributed by atoms with van der Waals surface area (Å²) in [6.07, 6.45) is 3.70. The van der Waals surface area contributed by atoms with E-state index in [0.29, 0.717) is 12.1 Å². The standard InChI is InChI=1S/C20H30N2O3/c1-13-7-5-8-16-17(9-6-10-24-18(13)16)21-14-11-15(12-14)22-19(23)25-20(2,3)4/h5,7-8,14-15,17,21H,6,9-12H2,1-4H3,(H,22,23). The summed E-state index contributed by atoms with van der Waals surface area (Å²) in [6.45, 7) is 8.52. The highest BCUT2D eigenvalue weighted by molar-refractivity contribution is 5.68. The van der Waals surface area contributed by atoms with Crippen molar-refractivity contribution in [3.8, 4) is 5.75 Å². The molecule has 1 aliphatic heterocycles. The number of carbonyl (C=O) groups is 1. The maximum absolute atomic E-state index is 11.8. The molecule has 1 saturated carbocycles. The van der Waals surface area contributed by atoms with Crippen LogP contribution in [0.1, 0.15) is 63.6 Å². The molecule has 1 aromatic carbocycles. The Hall–Kier alpha value is -1.75. The van der Waals surface area contributed by atoms with Crippen LogP contribution in [0.5, 0.6) is 5.75 Å². The molecule has 1 aromatic rings. The number of carbonyl (C=O) groups excluding carboxylic acids is 1. The summed E-state index contributed by atoms with van der Waals surface area (Å²) in [5, 5.41) is 6.71. The maximum atomic E-state index is 11.8. The van der Waals surface area contributed by atoms with Gasteiger partial charge in [0.05, 0.1) is 6.61 Å². The van der Waals surface area contributed by atoms with Gasteiger partial charge in [0.1, 0.15) is 11.4 Å². The summed E-state index contributed by atoms with van der Waals surface area (Å²) in [4.78, 5) is 11.8. The fraction of sp³-hybridized carbons (Fsp3) is 0.650. The zero-order chi connectivity index (χ0) is 18.0. The average Bonchev–Trinajstić information content (AvgIpc) is 2.67. The number of fused-ring (bicyclic) bond motifs is 1. The second-order valence-corrected chi connectivity index (χ2v) is 8.21. The van der Waals surface area contributed by atoms with Gasteiger partial charge in [0.15, 0.2) is 0 Å². The van der Waals surface area contributed by atoms with Gasteiger partial charge < -0.3 is 20.1 Å². The Morgan fingerprint density at radius 1 is 1.24 bits per heavy atom. The molecular weight excluding hydrogens is 316 g/mol. The van der Waals surface area contributed by atoms with Gasteiger partial charge in [-0.1, -0.05) is 18.2 Å². The zero-order valence-corrected chi connectivity index (χ0v) is 15.7. The number of rotatable bonds is 3. The van der Waals surface area contributed by atoms with E-state index in [1.165, 1.54) is 11.1 Å². The van der Waals surface area contributed by atoms with Crippen molar-refractivity contribution in [2.45, 2.75) is 77.1 Å². The van der Waals surface area contributed by atoms with Crippen LogP contribution in [0.2, 0.25) is 0 Å². The predicted molar refractivity (Wildman–Crippen MR) is 98.0 cm³/mol. The number of hydrogen-bond donors (Lipinski definition) is 2. The minimum Gasteiger partial charge on any atom is -0.493 e. The Morgan fingerprint density at radius 2 is 2.00 bits per heavy atom. The lowest BCUT2D eigenvalue weighted by Gasteiger charge is -2.39. The monoisotopic (exact) mass is 346 g/mol. The molecule has 1 atom stereocenters. The van der Waals surface area contributed by atoms with Crippen molar-refractivity contribution in [2.24, 2.45) is 0 Å². The second-order valence-electron chi connectivity index (χ2n) is 8.21. The largest absolute Gasteiger partial charge is 0.493 e. The molecule has 1 heterocycles. The van der Waals surface area contributed by atoms with Crippen LogP contribution in [-0.2, 0) is 4.74 Å². The Bertz CT molecular complexity index is 618. The summed E-state index contributed by atoms with van der Waals surface area (Å²) in [6, 6.07) is 7.32. The van der Waals surface area contributed by atoms with Gasteiger partial charge in [-0.2, -0.15) is 0 Å². The number of aryl methyl sites for hydroxylation is 1. The normalized spacial score (nSPS) is 25.8. The van der Waals surface area contributed by atoms with Crippen LogP contribution in [0, 0.1) is 6.92 Å². The number of benzene rings is 1. The van der Waals surface area contributed by atoms with Crippen molar-refractivity contribution < 1.29 is 14.3 Å². The van der Waals surface area contributed by atoms with Crippen LogP contribution in [-0.4, -0.2) is 30.4 Å². The molecule has 0 spiro atoms. The fourth-order valence-electron chi connectivity index (χ4n) is 3.57.